The van der Waals surface area contributed by atoms with Crippen molar-refractivity contribution >= 4 is 17.2 Å². The van der Waals surface area contributed by atoms with E-state index >= 15 is 0 Å². The predicted octanol–water partition coefficient (Wildman–Crippen LogP) is 0.308. The van der Waals surface area contributed by atoms with Crippen LogP contribution in [-0.2, 0) is 6.54 Å². The SMILES string of the molecule is CC1(O)CCN(Cc2ccsc2C(=O)NN)C1. The summed E-state index contributed by atoms with van der Waals surface area (Å²) in [6.07, 6.45) is 0.773. The summed E-state index contributed by atoms with van der Waals surface area (Å²) in [5.74, 6) is 4.89. The number of likely N-dealkylation sites (tertiary alicyclic amines) is 1. The van der Waals surface area contributed by atoms with E-state index in [1.54, 1.807) is 0 Å². The van der Waals surface area contributed by atoms with E-state index < -0.39 is 5.60 Å². The highest BCUT2D eigenvalue weighted by Gasteiger charge is 2.31. The number of hydrogen-bond acceptors (Lipinski definition) is 5. The summed E-state index contributed by atoms with van der Waals surface area (Å²) in [5.41, 5.74) is 2.52. The zero-order chi connectivity index (χ0) is 12.5. The maximum atomic E-state index is 11.5. The second-order valence-electron chi connectivity index (χ2n) is 4.71. The molecule has 0 spiro atoms. The summed E-state index contributed by atoms with van der Waals surface area (Å²) in [5, 5.41) is 11.8. The van der Waals surface area contributed by atoms with Crippen LogP contribution in [0.2, 0.25) is 0 Å². The molecule has 17 heavy (non-hydrogen) atoms. The number of β-amino-alcohol motifs (C(OH)–C–C–N with tert-alkyl or cyclic N) is 1. The molecule has 5 nitrogen and oxygen atoms in total. The van der Waals surface area contributed by atoms with Gasteiger partial charge in [-0.1, -0.05) is 0 Å². The summed E-state index contributed by atoms with van der Waals surface area (Å²) < 4.78 is 0. The minimum absolute atomic E-state index is 0.249. The number of rotatable bonds is 3. The molecule has 1 fully saturated rings. The van der Waals surface area contributed by atoms with E-state index in [-0.39, 0.29) is 5.91 Å². The van der Waals surface area contributed by atoms with Gasteiger partial charge >= 0.3 is 0 Å². The van der Waals surface area contributed by atoms with Crippen LogP contribution in [0, 0.1) is 0 Å². The number of aliphatic hydroxyl groups is 1. The molecule has 4 N–H and O–H groups in total. The van der Waals surface area contributed by atoms with Crippen LogP contribution in [0.3, 0.4) is 0 Å². The van der Waals surface area contributed by atoms with Crippen molar-refractivity contribution in [1.29, 1.82) is 0 Å². The topological polar surface area (TPSA) is 78.6 Å². The fourth-order valence-corrected chi connectivity index (χ4v) is 2.96. The normalized spacial score (nSPS) is 25.1. The van der Waals surface area contributed by atoms with E-state index in [1.165, 1.54) is 11.3 Å². The average Bonchev–Trinajstić information content (AvgIpc) is 2.85. The molecule has 0 aromatic carbocycles. The summed E-state index contributed by atoms with van der Waals surface area (Å²) in [6.45, 7) is 4.02. The van der Waals surface area contributed by atoms with Crippen molar-refractivity contribution in [3.8, 4) is 0 Å². The predicted molar refractivity (Wildman–Crippen MR) is 66.5 cm³/mol. The standard InChI is InChI=1S/C11H17N3O2S/c1-11(16)3-4-14(7-11)6-8-2-5-17-9(8)10(15)13-12/h2,5,16H,3-4,6-7,12H2,1H3,(H,13,15). The Kier molecular flexibility index (Phi) is 3.48. The zero-order valence-corrected chi connectivity index (χ0v) is 10.6. The molecule has 1 aromatic rings. The van der Waals surface area contributed by atoms with E-state index in [9.17, 15) is 9.90 Å². The minimum atomic E-state index is -0.605. The lowest BCUT2D eigenvalue weighted by molar-refractivity contribution is 0.0679. The van der Waals surface area contributed by atoms with Crippen molar-refractivity contribution < 1.29 is 9.90 Å². The number of nitrogen functional groups attached to an aromatic ring is 1. The Bertz CT molecular complexity index is 417. The van der Waals surface area contributed by atoms with E-state index in [0.29, 0.717) is 18.0 Å². The first-order chi connectivity index (χ1) is 8.02. The molecule has 1 unspecified atom stereocenters. The molecule has 0 bridgehead atoms. The van der Waals surface area contributed by atoms with Crippen LogP contribution in [0.1, 0.15) is 28.6 Å². The Morgan fingerprint density at radius 2 is 2.53 bits per heavy atom. The van der Waals surface area contributed by atoms with Gasteiger partial charge in [-0.2, -0.15) is 0 Å². The third-order valence-electron chi connectivity index (χ3n) is 3.01. The third kappa shape index (κ3) is 2.84. The lowest BCUT2D eigenvalue weighted by Gasteiger charge is -2.18. The van der Waals surface area contributed by atoms with Gasteiger partial charge < -0.3 is 5.11 Å². The summed E-state index contributed by atoms with van der Waals surface area (Å²) >= 11 is 1.38. The molecule has 2 heterocycles. The van der Waals surface area contributed by atoms with Gasteiger partial charge in [-0.25, -0.2) is 5.84 Å². The number of amides is 1. The van der Waals surface area contributed by atoms with Crippen LogP contribution in [0.4, 0.5) is 0 Å². The first kappa shape index (κ1) is 12.5. The van der Waals surface area contributed by atoms with E-state index in [0.717, 1.165) is 18.5 Å². The smallest absolute Gasteiger partial charge is 0.275 e. The van der Waals surface area contributed by atoms with Gasteiger partial charge in [0.25, 0.3) is 5.91 Å². The summed E-state index contributed by atoms with van der Waals surface area (Å²) in [6, 6.07) is 1.93. The fraction of sp³-hybridized carbons (Fsp3) is 0.545. The van der Waals surface area contributed by atoms with Gasteiger partial charge in [-0.3, -0.25) is 15.1 Å². The van der Waals surface area contributed by atoms with Crippen molar-refractivity contribution in [1.82, 2.24) is 10.3 Å². The van der Waals surface area contributed by atoms with Crippen LogP contribution in [0.5, 0.6) is 0 Å². The Hall–Kier alpha value is -0.950. The summed E-state index contributed by atoms with van der Waals surface area (Å²) in [7, 11) is 0. The Morgan fingerprint density at radius 3 is 3.12 bits per heavy atom. The Balaban J connectivity index is 2.05. The van der Waals surface area contributed by atoms with Crippen LogP contribution < -0.4 is 11.3 Å². The maximum Gasteiger partial charge on any atom is 0.275 e. The molecule has 1 amide bonds. The molecule has 1 aromatic heterocycles. The number of nitrogens with zero attached hydrogens (tertiary/aromatic N) is 1. The van der Waals surface area contributed by atoms with Crippen molar-refractivity contribution in [2.45, 2.75) is 25.5 Å². The van der Waals surface area contributed by atoms with Crippen LogP contribution in [-0.4, -0.2) is 34.6 Å². The Morgan fingerprint density at radius 1 is 1.76 bits per heavy atom. The maximum absolute atomic E-state index is 11.5. The third-order valence-corrected chi connectivity index (χ3v) is 3.96. The van der Waals surface area contributed by atoms with Gasteiger partial charge in [0.2, 0.25) is 0 Å². The van der Waals surface area contributed by atoms with Crippen LogP contribution in [0.25, 0.3) is 0 Å². The monoisotopic (exact) mass is 255 g/mol. The van der Waals surface area contributed by atoms with Crippen molar-refractivity contribution in [3.63, 3.8) is 0 Å². The van der Waals surface area contributed by atoms with Gasteiger partial charge in [-0.05, 0) is 30.4 Å². The number of hydrazine groups is 1. The number of hydrogen-bond donors (Lipinski definition) is 3. The molecular formula is C11H17N3O2S. The number of carbonyl (C=O) groups is 1. The van der Waals surface area contributed by atoms with Gasteiger partial charge in [0, 0.05) is 19.6 Å². The lowest BCUT2D eigenvalue weighted by atomic mass is 10.1. The molecule has 1 aliphatic rings. The van der Waals surface area contributed by atoms with Gasteiger partial charge in [0.1, 0.15) is 0 Å². The quantitative estimate of drug-likeness (QED) is 0.412. The van der Waals surface area contributed by atoms with E-state index in [1.807, 2.05) is 18.4 Å². The largest absolute Gasteiger partial charge is 0.389 e. The number of carbonyl (C=O) groups excluding carboxylic acids is 1. The van der Waals surface area contributed by atoms with E-state index in [2.05, 4.69) is 10.3 Å². The minimum Gasteiger partial charge on any atom is -0.389 e. The first-order valence-electron chi connectivity index (χ1n) is 5.54. The molecule has 1 atom stereocenters. The van der Waals surface area contributed by atoms with Gasteiger partial charge in [0.15, 0.2) is 0 Å². The molecule has 0 radical (unpaired) electrons. The zero-order valence-electron chi connectivity index (χ0n) is 9.77. The molecule has 1 aliphatic heterocycles. The average molecular weight is 255 g/mol. The molecule has 2 rings (SSSR count). The highest BCUT2D eigenvalue weighted by Crippen LogP contribution is 2.24. The van der Waals surface area contributed by atoms with Crippen molar-refractivity contribution in [3.05, 3.63) is 21.9 Å². The first-order valence-corrected chi connectivity index (χ1v) is 6.42. The second-order valence-corrected chi connectivity index (χ2v) is 5.62. The molecule has 1 saturated heterocycles. The number of nitrogens with one attached hydrogen (secondary N) is 1. The van der Waals surface area contributed by atoms with Crippen molar-refractivity contribution in [2.75, 3.05) is 13.1 Å². The van der Waals surface area contributed by atoms with Gasteiger partial charge in [0.05, 0.1) is 10.5 Å². The molecule has 6 heteroatoms. The van der Waals surface area contributed by atoms with Crippen molar-refractivity contribution in [2.24, 2.45) is 5.84 Å². The molecule has 94 valence electrons. The highest BCUT2D eigenvalue weighted by atomic mass is 32.1. The molecule has 0 aliphatic carbocycles. The molecular weight excluding hydrogens is 238 g/mol. The van der Waals surface area contributed by atoms with Crippen LogP contribution >= 0.6 is 11.3 Å². The Labute approximate surface area is 104 Å². The number of nitrogens with two attached hydrogens (primary N) is 1. The second kappa shape index (κ2) is 4.73. The highest BCUT2D eigenvalue weighted by molar-refractivity contribution is 7.12. The lowest BCUT2D eigenvalue weighted by Crippen LogP contribution is -2.32. The fourth-order valence-electron chi connectivity index (χ4n) is 2.14. The summed E-state index contributed by atoms with van der Waals surface area (Å²) in [4.78, 5) is 14.3. The van der Waals surface area contributed by atoms with Crippen LogP contribution in [0.15, 0.2) is 11.4 Å². The number of thiophene rings is 1. The van der Waals surface area contributed by atoms with Gasteiger partial charge in [-0.15, -0.1) is 11.3 Å². The van der Waals surface area contributed by atoms with E-state index in [4.69, 9.17) is 5.84 Å². The molecule has 0 saturated carbocycles.